The second kappa shape index (κ2) is 8.96. The molecule has 2 aromatic carbocycles. The number of ether oxygens (including phenoxy) is 1. The summed E-state index contributed by atoms with van der Waals surface area (Å²) in [6.45, 7) is 1.86. The normalized spacial score (nSPS) is 12.1. The zero-order valence-corrected chi connectivity index (χ0v) is 17.8. The number of carbonyl (C=O) groups excluding carboxylic acids is 1. The van der Waals surface area contributed by atoms with Crippen LogP contribution < -0.4 is 14.4 Å². The Balaban J connectivity index is 1.78. The van der Waals surface area contributed by atoms with Crippen molar-refractivity contribution < 1.29 is 17.9 Å². The van der Waals surface area contributed by atoms with Gasteiger partial charge in [0.1, 0.15) is 5.75 Å². The third-order valence-electron chi connectivity index (χ3n) is 4.73. The zero-order valence-electron chi connectivity index (χ0n) is 16.9. The van der Waals surface area contributed by atoms with Crippen LogP contribution in [-0.2, 0) is 10.0 Å². The van der Waals surface area contributed by atoms with Crippen LogP contribution in [0.4, 0.5) is 5.69 Å². The number of para-hydroxylation sites is 2. The molecule has 8 heteroatoms. The molecule has 1 heterocycles. The lowest BCUT2D eigenvalue weighted by molar-refractivity contribution is 0.0939. The van der Waals surface area contributed by atoms with Crippen LogP contribution in [0.25, 0.3) is 0 Å². The number of benzene rings is 2. The minimum atomic E-state index is -3.82. The number of rotatable bonds is 7. The lowest BCUT2D eigenvalue weighted by atomic mass is 10.1. The van der Waals surface area contributed by atoms with Gasteiger partial charge in [-0.3, -0.25) is 14.1 Å². The number of methoxy groups -OCH3 is 1. The highest BCUT2D eigenvalue weighted by Gasteiger charge is 2.24. The Labute approximate surface area is 176 Å². The molecule has 7 nitrogen and oxygen atoms in total. The van der Waals surface area contributed by atoms with Crippen molar-refractivity contribution in [2.45, 2.75) is 17.9 Å². The van der Waals surface area contributed by atoms with Crippen molar-refractivity contribution in [2.24, 2.45) is 0 Å². The van der Waals surface area contributed by atoms with Gasteiger partial charge >= 0.3 is 0 Å². The average molecular weight is 426 g/mol. The van der Waals surface area contributed by atoms with Gasteiger partial charge in [0, 0.05) is 25.0 Å². The fourth-order valence-electron chi connectivity index (χ4n) is 2.95. The van der Waals surface area contributed by atoms with E-state index in [0.717, 1.165) is 9.87 Å². The Hall–Kier alpha value is -3.39. The maximum absolute atomic E-state index is 13.0. The van der Waals surface area contributed by atoms with E-state index in [9.17, 15) is 13.2 Å². The van der Waals surface area contributed by atoms with Gasteiger partial charge < -0.3 is 10.1 Å². The summed E-state index contributed by atoms with van der Waals surface area (Å²) in [5.41, 5.74) is 1.67. The Kier molecular flexibility index (Phi) is 6.37. The molecule has 0 saturated carbocycles. The first-order valence-corrected chi connectivity index (χ1v) is 10.7. The molecule has 1 aromatic heterocycles. The van der Waals surface area contributed by atoms with Gasteiger partial charge in [-0.15, -0.1) is 0 Å². The predicted octanol–water partition coefficient (Wildman–Crippen LogP) is 3.41. The van der Waals surface area contributed by atoms with Crippen molar-refractivity contribution in [3.05, 3.63) is 84.2 Å². The number of aromatic nitrogens is 1. The van der Waals surface area contributed by atoms with Gasteiger partial charge in [-0.05, 0) is 55.0 Å². The number of hydrogen-bond acceptors (Lipinski definition) is 5. The van der Waals surface area contributed by atoms with Crippen molar-refractivity contribution in [3.8, 4) is 5.75 Å². The molecule has 0 saturated heterocycles. The molecule has 3 aromatic rings. The molecule has 1 unspecified atom stereocenters. The van der Waals surface area contributed by atoms with Crippen LogP contribution in [0, 0.1) is 0 Å². The summed E-state index contributed by atoms with van der Waals surface area (Å²) in [6, 6.07) is 16.1. The highest BCUT2D eigenvalue weighted by Crippen LogP contribution is 2.30. The fourth-order valence-corrected chi connectivity index (χ4v) is 4.16. The van der Waals surface area contributed by atoms with Crippen LogP contribution in [0.5, 0.6) is 5.75 Å². The first-order valence-electron chi connectivity index (χ1n) is 9.27. The summed E-state index contributed by atoms with van der Waals surface area (Å²) in [6.07, 6.45) is 3.35. The van der Waals surface area contributed by atoms with E-state index in [0.29, 0.717) is 17.0 Å². The molecule has 1 N–H and O–H groups in total. The van der Waals surface area contributed by atoms with Gasteiger partial charge in [-0.1, -0.05) is 18.2 Å². The van der Waals surface area contributed by atoms with Crippen molar-refractivity contribution in [1.29, 1.82) is 0 Å². The second-order valence-corrected chi connectivity index (χ2v) is 8.62. The van der Waals surface area contributed by atoms with Crippen molar-refractivity contribution in [1.82, 2.24) is 10.3 Å². The van der Waals surface area contributed by atoms with E-state index in [4.69, 9.17) is 4.74 Å². The molecule has 3 rings (SSSR count). The number of hydrogen-bond donors (Lipinski definition) is 1. The number of carbonyl (C=O) groups is 1. The molecule has 0 aliphatic carbocycles. The molecule has 30 heavy (non-hydrogen) atoms. The standard InChI is InChI=1S/C22H23N3O4S/c1-16(18-7-6-14-23-15-18)24-22(26)17-10-12-19(13-11-17)30(27,28)25(2)20-8-4-5-9-21(20)29-3/h4-16H,1-3H3,(H,24,26). The van der Waals surface area contributed by atoms with Crippen LogP contribution >= 0.6 is 0 Å². The monoisotopic (exact) mass is 425 g/mol. The van der Waals surface area contributed by atoms with Crippen LogP contribution in [0.2, 0.25) is 0 Å². The number of amides is 1. The largest absolute Gasteiger partial charge is 0.495 e. The number of sulfonamides is 1. The van der Waals surface area contributed by atoms with Gasteiger partial charge in [0.2, 0.25) is 0 Å². The van der Waals surface area contributed by atoms with Gasteiger partial charge in [0.15, 0.2) is 0 Å². The summed E-state index contributed by atoms with van der Waals surface area (Å²) in [5, 5.41) is 2.88. The average Bonchev–Trinajstić information content (AvgIpc) is 2.79. The minimum absolute atomic E-state index is 0.0766. The molecular weight excluding hydrogens is 402 g/mol. The number of nitrogens with one attached hydrogen (secondary N) is 1. The molecule has 0 radical (unpaired) electrons. The molecular formula is C22H23N3O4S. The molecule has 1 amide bonds. The number of pyridine rings is 1. The topological polar surface area (TPSA) is 88.6 Å². The zero-order chi connectivity index (χ0) is 21.7. The number of nitrogens with zero attached hydrogens (tertiary/aromatic N) is 2. The first kappa shape index (κ1) is 21.3. The van der Waals surface area contributed by atoms with E-state index in [1.165, 1.54) is 38.4 Å². The second-order valence-electron chi connectivity index (χ2n) is 6.65. The highest BCUT2D eigenvalue weighted by molar-refractivity contribution is 7.92. The third-order valence-corrected chi connectivity index (χ3v) is 6.52. The van der Waals surface area contributed by atoms with Crippen molar-refractivity contribution >= 4 is 21.6 Å². The van der Waals surface area contributed by atoms with E-state index < -0.39 is 10.0 Å². The highest BCUT2D eigenvalue weighted by atomic mass is 32.2. The smallest absolute Gasteiger partial charge is 0.264 e. The Bertz CT molecular complexity index is 1120. The van der Waals surface area contributed by atoms with E-state index in [1.54, 1.807) is 42.7 Å². The van der Waals surface area contributed by atoms with Gasteiger partial charge in [-0.25, -0.2) is 8.42 Å². The molecule has 156 valence electrons. The predicted molar refractivity (Wildman–Crippen MR) is 115 cm³/mol. The maximum Gasteiger partial charge on any atom is 0.264 e. The molecule has 0 spiro atoms. The molecule has 1 atom stereocenters. The lowest BCUT2D eigenvalue weighted by Gasteiger charge is -2.21. The molecule has 0 bridgehead atoms. The van der Waals surface area contributed by atoms with Crippen molar-refractivity contribution in [3.63, 3.8) is 0 Å². The maximum atomic E-state index is 13.0. The van der Waals surface area contributed by atoms with Gasteiger partial charge in [0.25, 0.3) is 15.9 Å². The van der Waals surface area contributed by atoms with Gasteiger partial charge in [0.05, 0.1) is 23.7 Å². The Morgan fingerprint density at radius 3 is 2.40 bits per heavy atom. The summed E-state index contributed by atoms with van der Waals surface area (Å²) in [5.74, 6) is 0.150. The SMILES string of the molecule is COc1ccccc1N(C)S(=O)(=O)c1ccc(C(=O)NC(C)c2cccnc2)cc1. The first-order chi connectivity index (χ1) is 14.3. The quantitative estimate of drug-likeness (QED) is 0.627. The Morgan fingerprint density at radius 1 is 1.07 bits per heavy atom. The van der Waals surface area contributed by atoms with E-state index >= 15 is 0 Å². The summed E-state index contributed by atoms with van der Waals surface area (Å²) in [7, 11) is -0.873. The summed E-state index contributed by atoms with van der Waals surface area (Å²) < 4.78 is 32.4. The lowest BCUT2D eigenvalue weighted by Crippen LogP contribution is -2.28. The molecule has 0 fully saturated rings. The minimum Gasteiger partial charge on any atom is -0.495 e. The summed E-state index contributed by atoms with van der Waals surface area (Å²) in [4.78, 5) is 16.6. The van der Waals surface area contributed by atoms with E-state index in [2.05, 4.69) is 10.3 Å². The van der Waals surface area contributed by atoms with Crippen molar-refractivity contribution in [2.75, 3.05) is 18.5 Å². The molecule has 0 aliphatic heterocycles. The van der Waals surface area contributed by atoms with Crippen LogP contribution in [0.1, 0.15) is 28.9 Å². The van der Waals surface area contributed by atoms with Crippen LogP contribution in [0.3, 0.4) is 0 Å². The third kappa shape index (κ3) is 4.44. The molecule has 0 aliphatic rings. The fraction of sp³-hybridized carbons (Fsp3) is 0.182. The number of anilines is 1. The van der Waals surface area contributed by atoms with E-state index in [-0.39, 0.29) is 16.8 Å². The Morgan fingerprint density at radius 2 is 1.77 bits per heavy atom. The van der Waals surface area contributed by atoms with Crippen LogP contribution in [0.15, 0.2) is 78.0 Å². The van der Waals surface area contributed by atoms with Crippen LogP contribution in [-0.4, -0.2) is 33.5 Å². The summed E-state index contributed by atoms with van der Waals surface area (Å²) >= 11 is 0. The van der Waals surface area contributed by atoms with E-state index in [1.807, 2.05) is 13.0 Å². The van der Waals surface area contributed by atoms with Gasteiger partial charge in [-0.2, -0.15) is 0 Å².